The van der Waals surface area contributed by atoms with Crippen molar-refractivity contribution in [2.24, 2.45) is 5.92 Å². The van der Waals surface area contributed by atoms with Crippen LogP contribution in [-0.2, 0) is 9.53 Å². The van der Waals surface area contributed by atoms with Crippen molar-refractivity contribution >= 4 is 5.97 Å². The third-order valence-electron chi connectivity index (χ3n) is 3.84. The first-order chi connectivity index (χ1) is 8.74. The van der Waals surface area contributed by atoms with Crippen LogP contribution in [0.5, 0.6) is 0 Å². The summed E-state index contributed by atoms with van der Waals surface area (Å²) in [4.78, 5) is 10.8. The van der Waals surface area contributed by atoms with Crippen LogP contribution in [0.1, 0.15) is 71.1 Å². The highest BCUT2D eigenvalue weighted by atomic mass is 16.5. The van der Waals surface area contributed by atoms with Crippen molar-refractivity contribution < 1.29 is 14.6 Å². The molecule has 1 aliphatic rings. The summed E-state index contributed by atoms with van der Waals surface area (Å²) < 4.78 is 5.75. The molecule has 0 radical (unpaired) electrons. The fraction of sp³-hybridized carbons (Fsp3) is 0.933. The quantitative estimate of drug-likeness (QED) is 0.601. The first kappa shape index (κ1) is 15.5. The number of rotatable bonds is 10. The van der Waals surface area contributed by atoms with Gasteiger partial charge in [-0.05, 0) is 25.7 Å². The summed E-state index contributed by atoms with van der Waals surface area (Å²) in [5.41, 5.74) is 0. The summed E-state index contributed by atoms with van der Waals surface area (Å²) in [7, 11) is 0. The Kier molecular flexibility index (Phi) is 8.06. The van der Waals surface area contributed by atoms with Gasteiger partial charge < -0.3 is 9.84 Å². The van der Waals surface area contributed by atoms with E-state index in [1.54, 1.807) is 0 Å². The topological polar surface area (TPSA) is 46.5 Å². The predicted octanol–water partition coefficient (Wildman–Crippen LogP) is 4.01. The van der Waals surface area contributed by atoms with E-state index in [1.165, 1.54) is 38.5 Å². The number of aliphatic carboxylic acids is 1. The summed E-state index contributed by atoms with van der Waals surface area (Å²) in [6.07, 6.45) is 11.7. The van der Waals surface area contributed by atoms with Crippen LogP contribution in [0.25, 0.3) is 0 Å². The number of carboxylic acid groups (broad SMARTS) is 1. The summed E-state index contributed by atoms with van der Waals surface area (Å²) in [6.45, 7) is 3.05. The Morgan fingerprint density at radius 3 is 2.39 bits per heavy atom. The molecule has 0 aromatic heterocycles. The van der Waals surface area contributed by atoms with Crippen LogP contribution in [0.2, 0.25) is 0 Å². The second kappa shape index (κ2) is 9.37. The van der Waals surface area contributed by atoms with Crippen molar-refractivity contribution in [1.29, 1.82) is 0 Å². The van der Waals surface area contributed by atoms with Gasteiger partial charge in [0.2, 0.25) is 0 Å². The molecule has 0 aromatic rings. The number of ether oxygens (including phenoxy) is 1. The Balaban J connectivity index is 1.88. The summed E-state index contributed by atoms with van der Waals surface area (Å²) >= 11 is 0. The fourth-order valence-electron chi connectivity index (χ4n) is 2.62. The van der Waals surface area contributed by atoms with Crippen molar-refractivity contribution in [1.82, 2.24) is 0 Å². The third-order valence-corrected chi connectivity index (χ3v) is 3.84. The molecule has 0 aromatic carbocycles. The molecule has 0 spiro atoms. The van der Waals surface area contributed by atoms with Crippen LogP contribution < -0.4 is 0 Å². The smallest absolute Gasteiger partial charge is 0.306 e. The van der Waals surface area contributed by atoms with E-state index in [2.05, 4.69) is 6.92 Å². The van der Waals surface area contributed by atoms with Gasteiger partial charge in [0, 0.05) is 6.61 Å². The van der Waals surface area contributed by atoms with E-state index in [9.17, 15) is 4.79 Å². The standard InChI is InChI=1S/C15H28O3/c1-2-3-4-5-6-7-8-11-18-14-10-9-13(12-14)15(16)17/h13-14H,2-12H2,1H3,(H,16,17). The Morgan fingerprint density at radius 2 is 1.78 bits per heavy atom. The summed E-state index contributed by atoms with van der Waals surface area (Å²) in [6, 6.07) is 0. The van der Waals surface area contributed by atoms with Crippen LogP contribution in [0.4, 0.5) is 0 Å². The van der Waals surface area contributed by atoms with Gasteiger partial charge in [-0.3, -0.25) is 4.79 Å². The molecule has 1 N–H and O–H groups in total. The zero-order valence-corrected chi connectivity index (χ0v) is 11.7. The lowest BCUT2D eigenvalue weighted by atomic mass is 10.1. The molecular formula is C15H28O3. The molecule has 1 fully saturated rings. The molecule has 2 unspecified atom stereocenters. The van der Waals surface area contributed by atoms with Crippen molar-refractivity contribution in [3.05, 3.63) is 0 Å². The molecule has 3 heteroatoms. The zero-order chi connectivity index (χ0) is 13.2. The highest BCUT2D eigenvalue weighted by molar-refractivity contribution is 5.70. The van der Waals surface area contributed by atoms with Crippen molar-refractivity contribution in [2.45, 2.75) is 77.2 Å². The number of carboxylic acids is 1. The molecule has 106 valence electrons. The van der Waals surface area contributed by atoms with E-state index < -0.39 is 5.97 Å². The maximum atomic E-state index is 10.8. The molecule has 3 nitrogen and oxygen atoms in total. The largest absolute Gasteiger partial charge is 0.481 e. The molecule has 18 heavy (non-hydrogen) atoms. The Bertz CT molecular complexity index is 228. The average Bonchev–Trinajstić information content (AvgIpc) is 2.81. The molecule has 0 saturated heterocycles. The van der Waals surface area contributed by atoms with Crippen molar-refractivity contribution in [3.63, 3.8) is 0 Å². The zero-order valence-electron chi connectivity index (χ0n) is 11.7. The first-order valence-corrected chi connectivity index (χ1v) is 7.58. The molecule has 0 bridgehead atoms. The lowest BCUT2D eigenvalue weighted by Crippen LogP contribution is -2.13. The lowest BCUT2D eigenvalue weighted by Gasteiger charge is -2.11. The molecular weight excluding hydrogens is 228 g/mol. The van der Waals surface area contributed by atoms with Crippen LogP contribution in [-0.4, -0.2) is 23.8 Å². The van der Waals surface area contributed by atoms with E-state index in [1.807, 2.05) is 0 Å². The normalized spacial score (nSPS) is 23.4. The minimum absolute atomic E-state index is 0.163. The maximum Gasteiger partial charge on any atom is 0.306 e. The predicted molar refractivity (Wildman–Crippen MR) is 72.7 cm³/mol. The first-order valence-electron chi connectivity index (χ1n) is 7.58. The Labute approximate surface area is 111 Å². The van der Waals surface area contributed by atoms with Crippen LogP contribution in [0.15, 0.2) is 0 Å². The van der Waals surface area contributed by atoms with E-state index in [4.69, 9.17) is 9.84 Å². The van der Waals surface area contributed by atoms with Gasteiger partial charge in [-0.1, -0.05) is 45.4 Å². The molecule has 0 aliphatic heterocycles. The van der Waals surface area contributed by atoms with Gasteiger partial charge in [0.05, 0.1) is 12.0 Å². The number of unbranched alkanes of at least 4 members (excludes halogenated alkanes) is 6. The average molecular weight is 256 g/mol. The van der Waals surface area contributed by atoms with E-state index in [-0.39, 0.29) is 12.0 Å². The Morgan fingerprint density at radius 1 is 1.11 bits per heavy atom. The molecule has 1 rings (SSSR count). The SMILES string of the molecule is CCCCCCCCCOC1CCC(C(=O)O)C1. The Hall–Kier alpha value is -0.570. The van der Waals surface area contributed by atoms with E-state index >= 15 is 0 Å². The molecule has 0 amide bonds. The second-order valence-electron chi connectivity index (χ2n) is 5.46. The van der Waals surface area contributed by atoms with E-state index in [0.29, 0.717) is 6.42 Å². The number of hydrogen-bond donors (Lipinski definition) is 1. The van der Waals surface area contributed by atoms with Gasteiger partial charge in [0.1, 0.15) is 0 Å². The molecule has 1 saturated carbocycles. The summed E-state index contributed by atoms with van der Waals surface area (Å²) in [5, 5.41) is 8.89. The maximum absolute atomic E-state index is 10.8. The van der Waals surface area contributed by atoms with Crippen molar-refractivity contribution in [2.75, 3.05) is 6.61 Å². The van der Waals surface area contributed by atoms with Gasteiger partial charge in [-0.15, -0.1) is 0 Å². The van der Waals surface area contributed by atoms with Gasteiger partial charge in [-0.25, -0.2) is 0 Å². The minimum atomic E-state index is -0.656. The molecule has 1 aliphatic carbocycles. The number of hydrogen-bond acceptors (Lipinski definition) is 2. The highest BCUT2D eigenvalue weighted by Crippen LogP contribution is 2.28. The third kappa shape index (κ3) is 6.39. The van der Waals surface area contributed by atoms with Gasteiger partial charge in [0.15, 0.2) is 0 Å². The van der Waals surface area contributed by atoms with E-state index in [0.717, 1.165) is 25.9 Å². The molecule has 2 atom stereocenters. The highest BCUT2D eigenvalue weighted by Gasteiger charge is 2.29. The van der Waals surface area contributed by atoms with Crippen LogP contribution >= 0.6 is 0 Å². The minimum Gasteiger partial charge on any atom is -0.481 e. The summed E-state index contributed by atoms with van der Waals surface area (Å²) in [5.74, 6) is -0.818. The van der Waals surface area contributed by atoms with Gasteiger partial charge in [0.25, 0.3) is 0 Å². The molecule has 0 heterocycles. The number of carbonyl (C=O) groups is 1. The fourth-order valence-corrected chi connectivity index (χ4v) is 2.62. The second-order valence-corrected chi connectivity index (χ2v) is 5.46. The van der Waals surface area contributed by atoms with Gasteiger partial charge >= 0.3 is 5.97 Å². The monoisotopic (exact) mass is 256 g/mol. The van der Waals surface area contributed by atoms with Gasteiger partial charge in [-0.2, -0.15) is 0 Å². The van der Waals surface area contributed by atoms with Crippen molar-refractivity contribution in [3.8, 4) is 0 Å². The lowest BCUT2D eigenvalue weighted by molar-refractivity contribution is -0.141. The van der Waals surface area contributed by atoms with Crippen LogP contribution in [0, 0.1) is 5.92 Å². The van der Waals surface area contributed by atoms with Crippen LogP contribution in [0.3, 0.4) is 0 Å².